The van der Waals surface area contributed by atoms with E-state index in [-0.39, 0.29) is 11.8 Å². The van der Waals surface area contributed by atoms with Gasteiger partial charge in [0.15, 0.2) is 0 Å². The molecule has 1 N–H and O–H groups in total. The van der Waals surface area contributed by atoms with Gasteiger partial charge >= 0.3 is 0 Å². The molecule has 0 fully saturated rings. The van der Waals surface area contributed by atoms with Crippen LogP contribution in [0.4, 0.5) is 0 Å². The molecule has 0 spiro atoms. The van der Waals surface area contributed by atoms with E-state index in [2.05, 4.69) is 10.3 Å². The van der Waals surface area contributed by atoms with Gasteiger partial charge in [-0.25, -0.2) is 4.98 Å². The molecule has 1 aromatic rings. The summed E-state index contributed by atoms with van der Waals surface area (Å²) in [4.78, 5) is 16.0. The number of hydrogen-bond donors (Lipinski definition) is 1. The van der Waals surface area contributed by atoms with Crippen LogP contribution in [0, 0.1) is 5.92 Å². The van der Waals surface area contributed by atoms with Gasteiger partial charge < -0.3 is 9.88 Å². The SMILES string of the molecule is CCNC(=O)C1CCc2ncn(C)c2C1. The van der Waals surface area contributed by atoms with Crippen LogP contribution in [0.1, 0.15) is 24.7 Å². The maximum absolute atomic E-state index is 11.7. The number of aromatic nitrogens is 2. The molecule has 1 aliphatic rings. The van der Waals surface area contributed by atoms with E-state index in [4.69, 9.17) is 0 Å². The molecule has 0 aromatic carbocycles. The highest BCUT2D eigenvalue weighted by atomic mass is 16.1. The second kappa shape index (κ2) is 4.04. The van der Waals surface area contributed by atoms with Gasteiger partial charge in [0.1, 0.15) is 0 Å². The molecule has 15 heavy (non-hydrogen) atoms. The fourth-order valence-corrected chi connectivity index (χ4v) is 2.16. The van der Waals surface area contributed by atoms with Gasteiger partial charge in [-0.15, -0.1) is 0 Å². The Kier molecular flexibility index (Phi) is 2.75. The summed E-state index contributed by atoms with van der Waals surface area (Å²) in [6.07, 6.45) is 4.52. The van der Waals surface area contributed by atoms with Crippen LogP contribution in [-0.2, 0) is 24.7 Å². The van der Waals surface area contributed by atoms with Crippen molar-refractivity contribution in [2.24, 2.45) is 13.0 Å². The molecule has 1 aliphatic carbocycles. The van der Waals surface area contributed by atoms with Gasteiger partial charge in [-0.05, 0) is 19.8 Å². The Hall–Kier alpha value is -1.32. The molecule has 0 aliphatic heterocycles. The first-order valence-electron chi connectivity index (χ1n) is 5.49. The van der Waals surface area contributed by atoms with Crippen LogP contribution < -0.4 is 5.32 Å². The first-order valence-corrected chi connectivity index (χ1v) is 5.49. The van der Waals surface area contributed by atoms with Gasteiger partial charge in [0.05, 0.1) is 12.0 Å². The standard InChI is InChI=1S/C11H17N3O/c1-3-12-11(15)8-4-5-9-10(6-8)14(2)7-13-9/h7-8H,3-6H2,1-2H3,(H,12,15). The number of amides is 1. The number of aryl methyl sites for hydroxylation is 2. The van der Waals surface area contributed by atoms with E-state index in [0.29, 0.717) is 6.54 Å². The second-order valence-electron chi connectivity index (χ2n) is 4.08. The number of imidazole rings is 1. The van der Waals surface area contributed by atoms with Crippen molar-refractivity contribution in [3.8, 4) is 0 Å². The number of nitrogens with zero attached hydrogens (tertiary/aromatic N) is 2. The highest BCUT2D eigenvalue weighted by Crippen LogP contribution is 2.24. The van der Waals surface area contributed by atoms with Crippen molar-refractivity contribution in [2.75, 3.05) is 6.54 Å². The molecule has 0 saturated heterocycles. The molecular formula is C11H17N3O. The van der Waals surface area contributed by atoms with Crippen molar-refractivity contribution in [1.82, 2.24) is 14.9 Å². The van der Waals surface area contributed by atoms with Gasteiger partial charge in [-0.2, -0.15) is 0 Å². The van der Waals surface area contributed by atoms with E-state index < -0.39 is 0 Å². The third-order valence-corrected chi connectivity index (χ3v) is 3.04. The zero-order valence-electron chi connectivity index (χ0n) is 9.29. The van der Waals surface area contributed by atoms with E-state index in [1.165, 1.54) is 5.69 Å². The highest BCUT2D eigenvalue weighted by Gasteiger charge is 2.26. The lowest BCUT2D eigenvalue weighted by molar-refractivity contribution is -0.125. The number of carbonyl (C=O) groups excluding carboxylic acids is 1. The van der Waals surface area contributed by atoms with Crippen molar-refractivity contribution in [1.29, 1.82) is 0 Å². The smallest absolute Gasteiger partial charge is 0.223 e. The fourth-order valence-electron chi connectivity index (χ4n) is 2.16. The average molecular weight is 207 g/mol. The Morgan fingerprint density at radius 2 is 2.53 bits per heavy atom. The molecule has 1 heterocycles. The molecule has 2 rings (SSSR count). The number of hydrogen-bond acceptors (Lipinski definition) is 2. The first kappa shape index (κ1) is 10.2. The quantitative estimate of drug-likeness (QED) is 0.774. The van der Waals surface area contributed by atoms with E-state index in [0.717, 1.165) is 25.0 Å². The summed E-state index contributed by atoms with van der Waals surface area (Å²) in [5.74, 6) is 0.317. The minimum absolute atomic E-state index is 0.132. The average Bonchev–Trinajstić information content (AvgIpc) is 2.60. The molecule has 4 heteroatoms. The van der Waals surface area contributed by atoms with Gasteiger partial charge in [0, 0.05) is 31.6 Å². The maximum Gasteiger partial charge on any atom is 0.223 e. The summed E-state index contributed by atoms with van der Waals surface area (Å²) in [6.45, 7) is 2.67. The monoisotopic (exact) mass is 207 g/mol. The van der Waals surface area contributed by atoms with Crippen LogP contribution in [0.2, 0.25) is 0 Å². The number of rotatable bonds is 2. The molecule has 0 bridgehead atoms. The minimum Gasteiger partial charge on any atom is -0.356 e. The van der Waals surface area contributed by atoms with Gasteiger partial charge in [0.2, 0.25) is 5.91 Å². The number of fused-ring (bicyclic) bond motifs is 1. The summed E-state index contributed by atoms with van der Waals surface area (Å²) < 4.78 is 2.03. The number of nitrogens with one attached hydrogen (secondary N) is 1. The zero-order valence-corrected chi connectivity index (χ0v) is 9.29. The Balaban J connectivity index is 2.11. The van der Waals surface area contributed by atoms with Crippen LogP contribution in [0.15, 0.2) is 6.33 Å². The Morgan fingerprint density at radius 3 is 3.27 bits per heavy atom. The highest BCUT2D eigenvalue weighted by molar-refractivity contribution is 5.79. The molecule has 4 nitrogen and oxygen atoms in total. The summed E-state index contributed by atoms with van der Waals surface area (Å²) in [6, 6.07) is 0. The fraction of sp³-hybridized carbons (Fsp3) is 0.636. The molecule has 0 radical (unpaired) electrons. The Bertz CT molecular complexity index is 370. The van der Waals surface area contributed by atoms with Crippen LogP contribution in [0.25, 0.3) is 0 Å². The van der Waals surface area contributed by atoms with Crippen molar-refractivity contribution in [2.45, 2.75) is 26.2 Å². The second-order valence-corrected chi connectivity index (χ2v) is 4.08. The van der Waals surface area contributed by atoms with E-state index in [1.54, 1.807) is 0 Å². The van der Waals surface area contributed by atoms with Crippen molar-refractivity contribution >= 4 is 5.91 Å². The van der Waals surface area contributed by atoms with Crippen LogP contribution in [-0.4, -0.2) is 22.0 Å². The lowest BCUT2D eigenvalue weighted by Gasteiger charge is -2.21. The number of carbonyl (C=O) groups is 1. The minimum atomic E-state index is 0.132. The van der Waals surface area contributed by atoms with E-state index in [1.807, 2.05) is 24.9 Å². The molecular weight excluding hydrogens is 190 g/mol. The Labute approximate surface area is 89.7 Å². The van der Waals surface area contributed by atoms with Crippen molar-refractivity contribution < 1.29 is 4.79 Å². The van der Waals surface area contributed by atoms with E-state index >= 15 is 0 Å². The molecule has 1 atom stereocenters. The molecule has 1 unspecified atom stereocenters. The third kappa shape index (κ3) is 1.89. The van der Waals surface area contributed by atoms with Gasteiger partial charge in [-0.3, -0.25) is 4.79 Å². The maximum atomic E-state index is 11.7. The van der Waals surface area contributed by atoms with Crippen molar-refractivity contribution in [3.05, 3.63) is 17.7 Å². The largest absolute Gasteiger partial charge is 0.356 e. The zero-order chi connectivity index (χ0) is 10.8. The summed E-state index contributed by atoms with van der Waals surface area (Å²) in [5.41, 5.74) is 2.38. The first-order chi connectivity index (χ1) is 7.22. The van der Waals surface area contributed by atoms with E-state index in [9.17, 15) is 4.79 Å². The van der Waals surface area contributed by atoms with Crippen LogP contribution >= 0.6 is 0 Å². The lowest BCUT2D eigenvalue weighted by Crippen LogP contribution is -2.34. The molecule has 1 aromatic heterocycles. The summed E-state index contributed by atoms with van der Waals surface area (Å²) in [7, 11) is 1.99. The predicted octanol–water partition coefficient (Wildman–Crippen LogP) is 0.661. The topological polar surface area (TPSA) is 46.9 Å². The molecule has 0 saturated carbocycles. The Morgan fingerprint density at radius 1 is 1.73 bits per heavy atom. The van der Waals surface area contributed by atoms with Gasteiger partial charge in [-0.1, -0.05) is 0 Å². The lowest BCUT2D eigenvalue weighted by atomic mass is 9.89. The predicted molar refractivity (Wildman–Crippen MR) is 57.4 cm³/mol. The molecule has 82 valence electrons. The molecule has 1 amide bonds. The van der Waals surface area contributed by atoms with Crippen LogP contribution in [0.5, 0.6) is 0 Å². The summed E-state index contributed by atoms with van der Waals surface area (Å²) in [5, 5.41) is 2.89. The summed E-state index contributed by atoms with van der Waals surface area (Å²) >= 11 is 0. The van der Waals surface area contributed by atoms with Gasteiger partial charge in [0.25, 0.3) is 0 Å². The van der Waals surface area contributed by atoms with Crippen molar-refractivity contribution in [3.63, 3.8) is 0 Å². The third-order valence-electron chi connectivity index (χ3n) is 3.04. The van der Waals surface area contributed by atoms with Crippen LogP contribution in [0.3, 0.4) is 0 Å². The normalized spacial score (nSPS) is 19.7.